The van der Waals surface area contributed by atoms with Crippen molar-refractivity contribution in [2.45, 2.75) is 12.8 Å². The van der Waals surface area contributed by atoms with Crippen LogP contribution in [-0.2, 0) is 0 Å². The summed E-state index contributed by atoms with van der Waals surface area (Å²) in [6, 6.07) is 8.22. The third-order valence-electron chi connectivity index (χ3n) is 3.37. The Balaban J connectivity index is 2.12. The Morgan fingerprint density at radius 2 is 2.00 bits per heavy atom. The Morgan fingerprint density at radius 3 is 2.76 bits per heavy atom. The van der Waals surface area contributed by atoms with Crippen LogP contribution in [0.3, 0.4) is 0 Å². The van der Waals surface area contributed by atoms with Crippen LogP contribution < -0.4 is 9.64 Å². The first-order valence-electron chi connectivity index (χ1n) is 6.06. The fourth-order valence-corrected chi connectivity index (χ4v) is 2.47. The number of aromatic nitrogens is 1. The Kier molecular flexibility index (Phi) is 2.59. The summed E-state index contributed by atoms with van der Waals surface area (Å²) >= 11 is 0. The maximum atomic E-state index is 5.23. The first-order chi connectivity index (χ1) is 8.38. The van der Waals surface area contributed by atoms with E-state index in [0.29, 0.717) is 0 Å². The van der Waals surface area contributed by atoms with Gasteiger partial charge in [-0.05, 0) is 31.0 Å². The molecule has 2 aromatic rings. The number of anilines is 1. The quantitative estimate of drug-likeness (QED) is 0.790. The van der Waals surface area contributed by atoms with Gasteiger partial charge in [0.05, 0.1) is 12.6 Å². The number of fused-ring (bicyclic) bond motifs is 1. The molecule has 1 aliphatic rings. The average molecular weight is 228 g/mol. The van der Waals surface area contributed by atoms with Crippen LogP contribution in [0.1, 0.15) is 12.8 Å². The van der Waals surface area contributed by atoms with E-state index in [1.54, 1.807) is 7.11 Å². The number of hydrogen-bond acceptors (Lipinski definition) is 3. The second-order valence-corrected chi connectivity index (χ2v) is 4.41. The van der Waals surface area contributed by atoms with E-state index in [-0.39, 0.29) is 0 Å². The minimum atomic E-state index is 0.864. The summed E-state index contributed by atoms with van der Waals surface area (Å²) in [4.78, 5) is 6.86. The molecule has 0 aliphatic carbocycles. The van der Waals surface area contributed by atoms with Gasteiger partial charge in [-0.25, -0.2) is 0 Å². The van der Waals surface area contributed by atoms with Crippen LogP contribution >= 0.6 is 0 Å². The van der Waals surface area contributed by atoms with Crippen LogP contribution in [0.25, 0.3) is 10.9 Å². The number of methoxy groups -OCH3 is 1. The first-order valence-corrected chi connectivity index (χ1v) is 6.06. The first kappa shape index (κ1) is 10.4. The molecule has 0 N–H and O–H groups in total. The minimum Gasteiger partial charge on any atom is -0.497 e. The van der Waals surface area contributed by atoms with Crippen LogP contribution in [0.2, 0.25) is 0 Å². The molecular formula is C14H16N2O. The topological polar surface area (TPSA) is 25.4 Å². The molecule has 2 heterocycles. The molecule has 0 bridgehead atoms. The molecule has 0 unspecified atom stereocenters. The molecule has 3 rings (SSSR count). The molecule has 1 aliphatic heterocycles. The van der Waals surface area contributed by atoms with E-state index >= 15 is 0 Å². The molecule has 1 fully saturated rings. The van der Waals surface area contributed by atoms with Crippen LogP contribution in [0, 0.1) is 0 Å². The van der Waals surface area contributed by atoms with Gasteiger partial charge in [0, 0.05) is 36.4 Å². The summed E-state index contributed by atoms with van der Waals surface area (Å²) in [6.07, 6.45) is 4.47. The highest BCUT2D eigenvalue weighted by atomic mass is 16.5. The van der Waals surface area contributed by atoms with E-state index < -0.39 is 0 Å². The number of benzene rings is 1. The highest BCUT2D eigenvalue weighted by Crippen LogP contribution is 2.30. The molecule has 88 valence electrons. The standard InChI is InChI=1S/C14H16N2O/c1-17-11-4-5-12-13(10-11)15-7-6-14(12)16-8-2-3-9-16/h4-7,10H,2-3,8-9H2,1H3. The van der Waals surface area contributed by atoms with Crippen molar-refractivity contribution in [3.63, 3.8) is 0 Å². The summed E-state index contributed by atoms with van der Waals surface area (Å²) in [5, 5.41) is 1.22. The molecule has 1 aromatic heterocycles. The van der Waals surface area contributed by atoms with Gasteiger partial charge in [0.1, 0.15) is 5.75 Å². The zero-order valence-corrected chi connectivity index (χ0v) is 10.0. The van der Waals surface area contributed by atoms with Gasteiger partial charge < -0.3 is 9.64 Å². The number of rotatable bonds is 2. The van der Waals surface area contributed by atoms with Crippen LogP contribution in [-0.4, -0.2) is 25.2 Å². The zero-order valence-electron chi connectivity index (χ0n) is 10.0. The Bertz CT molecular complexity index is 533. The van der Waals surface area contributed by atoms with Crippen molar-refractivity contribution >= 4 is 16.6 Å². The fourth-order valence-electron chi connectivity index (χ4n) is 2.47. The van der Waals surface area contributed by atoms with Crippen LogP contribution in [0.4, 0.5) is 5.69 Å². The lowest BCUT2D eigenvalue weighted by Gasteiger charge is -2.19. The Hall–Kier alpha value is -1.77. The van der Waals surface area contributed by atoms with Gasteiger partial charge in [0.15, 0.2) is 0 Å². The molecule has 3 heteroatoms. The van der Waals surface area contributed by atoms with Gasteiger partial charge in [-0.15, -0.1) is 0 Å². The third kappa shape index (κ3) is 1.82. The maximum Gasteiger partial charge on any atom is 0.121 e. The molecule has 1 aromatic carbocycles. The number of ether oxygens (including phenoxy) is 1. The molecule has 0 saturated carbocycles. The van der Waals surface area contributed by atoms with Gasteiger partial charge in [-0.3, -0.25) is 4.98 Å². The number of pyridine rings is 1. The lowest BCUT2D eigenvalue weighted by molar-refractivity contribution is 0.415. The largest absolute Gasteiger partial charge is 0.497 e. The van der Waals surface area contributed by atoms with E-state index in [4.69, 9.17) is 4.74 Å². The predicted octanol–water partition coefficient (Wildman–Crippen LogP) is 2.84. The molecule has 0 atom stereocenters. The van der Waals surface area contributed by atoms with Crippen molar-refractivity contribution in [2.75, 3.05) is 25.1 Å². The normalized spacial score (nSPS) is 15.5. The monoisotopic (exact) mass is 228 g/mol. The second kappa shape index (κ2) is 4.24. The van der Waals surface area contributed by atoms with Crippen molar-refractivity contribution in [1.82, 2.24) is 4.98 Å². The van der Waals surface area contributed by atoms with Gasteiger partial charge in [-0.1, -0.05) is 0 Å². The number of hydrogen-bond donors (Lipinski definition) is 0. The summed E-state index contributed by atoms with van der Waals surface area (Å²) in [5.74, 6) is 0.864. The number of nitrogens with zero attached hydrogens (tertiary/aromatic N) is 2. The molecule has 17 heavy (non-hydrogen) atoms. The molecule has 1 saturated heterocycles. The second-order valence-electron chi connectivity index (χ2n) is 4.41. The molecular weight excluding hydrogens is 212 g/mol. The summed E-state index contributed by atoms with van der Waals surface area (Å²) < 4.78 is 5.23. The fraction of sp³-hybridized carbons (Fsp3) is 0.357. The molecule has 3 nitrogen and oxygen atoms in total. The minimum absolute atomic E-state index is 0.864. The summed E-state index contributed by atoms with van der Waals surface area (Å²) in [6.45, 7) is 2.32. The predicted molar refractivity (Wildman–Crippen MR) is 69.7 cm³/mol. The van der Waals surface area contributed by atoms with Crippen molar-refractivity contribution < 1.29 is 4.74 Å². The molecule has 0 spiro atoms. The van der Waals surface area contributed by atoms with Crippen molar-refractivity contribution in [1.29, 1.82) is 0 Å². The van der Waals surface area contributed by atoms with Crippen LogP contribution in [0.5, 0.6) is 5.75 Å². The average Bonchev–Trinajstić information content (AvgIpc) is 2.91. The maximum absolute atomic E-state index is 5.23. The third-order valence-corrected chi connectivity index (χ3v) is 3.37. The highest BCUT2D eigenvalue weighted by Gasteiger charge is 2.15. The van der Waals surface area contributed by atoms with Crippen molar-refractivity contribution in [3.8, 4) is 5.75 Å². The van der Waals surface area contributed by atoms with Crippen LogP contribution in [0.15, 0.2) is 30.5 Å². The van der Waals surface area contributed by atoms with Crippen molar-refractivity contribution in [3.05, 3.63) is 30.5 Å². The van der Waals surface area contributed by atoms with Crippen molar-refractivity contribution in [2.24, 2.45) is 0 Å². The Labute approximate surface area is 101 Å². The highest BCUT2D eigenvalue weighted by molar-refractivity contribution is 5.92. The Morgan fingerprint density at radius 1 is 1.18 bits per heavy atom. The van der Waals surface area contributed by atoms with Gasteiger partial charge in [-0.2, -0.15) is 0 Å². The van der Waals surface area contributed by atoms with E-state index in [1.165, 1.54) is 23.9 Å². The van der Waals surface area contributed by atoms with E-state index in [9.17, 15) is 0 Å². The summed E-state index contributed by atoms with van der Waals surface area (Å²) in [5.41, 5.74) is 2.31. The zero-order chi connectivity index (χ0) is 11.7. The van der Waals surface area contributed by atoms with Gasteiger partial charge in [0.25, 0.3) is 0 Å². The SMILES string of the molecule is COc1ccc2c(N3CCCC3)ccnc2c1. The molecule has 0 amide bonds. The van der Waals surface area contributed by atoms with E-state index in [0.717, 1.165) is 24.4 Å². The van der Waals surface area contributed by atoms with Gasteiger partial charge in [0.2, 0.25) is 0 Å². The summed E-state index contributed by atoms with van der Waals surface area (Å²) in [7, 11) is 1.69. The lowest BCUT2D eigenvalue weighted by Crippen LogP contribution is -2.17. The molecule has 0 radical (unpaired) electrons. The smallest absolute Gasteiger partial charge is 0.121 e. The van der Waals surface area contributed by atoms with E-state index in [2.05, 4.69) is 22.0 Å². The van der Waals surface area contributed by atoms with Gasteiger partial charge >= 0.3 is 0 Å². The lowest BCUT2D eigenvalue weighted by atomic mass is 10.1. The van der Waals surface area contributed by atoms with E-state index in [1.807, 2.05) is 18.3 Å².